The van der Waals surface area contributed by atoms with Crippen molar-refractivity contribution < 1.29 is 23.1 Å². The minimum absolute atomic E-state index is 0.107. The van der Waals surface area contributed by atoms with Gasteiger partial charge in [0.05, 0.1) is 5.92 Å². The quantitative estimate of drug-likeness (QED) is 0.778. The van der Waals surface area contributed by atoms with Gasteiger partial charge in [-0.1, -0.05) is 6.92 Å². The molecule has 15 heavy (non-hydrogen) atoms. The Morgan fingerprint density at radius 3 is 2.53 bits per heavy atom. The predicted octanol–water partition coefficient (Wildman–Crippen LogP) is 1.73. The van der Waals surface area contributed by atoms with Gasteiger partial charge in [-0.2, -0.15) is 13.2 Å². The molecule has 1 N–H and O–H groups in total. The first kappa shape index (κ1) is 12.3. The topological polar surface area (TPSA) is 40.5 Å². The van der Waals surface area contributed by atoms with E-state index >= 15 is 0 Å². The maximum Gasteiger partial charge on any atom is 0.404 e. The van der Waals surface area contributed by atoms with Crippen LogP contribution in [0.15, 0.2) is 0 Å². The largest absolute Gasteiger partial charge is 0.481 e. The van der Waals surface area contributed by atoms with E-state index in [1.165, 1.54) is 4.90 Å². The molecule has 1 saturated heterocycles. The van der Waals surface area contributed by atoms with E-state index in [0.29, 0.717) is 13.0 Å². The fraction of sp³-hybridized carbons (Fsp3) is 0.889. The van der Waals surface area contributed by atoms with Crippen LogP contribution >= 0.6 is 0 Å². The van der Waals surface area contributed by atoms with Crippen molar-refractivity contribution in [3.8, 4) is 0 Å². The molecule has 0 aliphatic carbocycles. The Morgan fingerprint density at radius 2 is 2.13 bits per heavy atom. The number of halogens is 3. The van der Waals surface area contributed by atoms with Gasteiger partial charge in [-0.05, 0) is 25.9 Å². The second kappa shape index (κ2) is 4.38. The number of likely N-dealkylation sites (tertiary alicyclic amines) is 1. The Bertz CT molecular complexity index is 242. The van der Waals surface area contributed by atoms with Gasteiger partial charge in [0.15, 0.2) is 0 Å². The number of carbonyl (C=O) groups is 1. The minimum Gasteiger partial charge on any atom is -0.481 e. The maximum atomic E-state index is 12.7. The lowest BCUT2D eigenvalue weighted by atomic mass is 9.88. The number of carboxylic acids is 1. The molecular weight excluding hydrogens is 211 g/mol. The van der Waals surface area contributed by atoms with Crippen molar-refractivity contribution >= 4 is 5.97 Å². The molecule has 0 aromatic heterocycles. The molecule has 0 aromatic rings. The van der Waals surface area contributed by atoms with Crippen molar-refractivity contribution in [2.75, 3.05) is 13.1 Å². The molecule has 1 fully saturated rings. The lowest BCUT2D eigenvalue weighted by molar-refractivity contribution is -0.210. The van der Waals surface area contributed by atoms with Crippen molar-refractivity contribution in [3.63, 3.8) is 0 Å². The van der Waals surface area contributed by atoms with Gasteiger partial charge in [0.2, 0.25) is 0 Å². The zero-order valence-corrected chi connectivity index (χ0v) is 8.42. The SMILES string of the molecule is CCN1CCC[C@H](C(=O)O)[C@H]1C(F)(F)F. The summed E-state index contributed by atoms with van der Waals surface area (Å²) in [4.78, 5) is 11.9. The molecule has 3 nitrogen and oxygen atoms in total. The minimum atomic E-state index is -4.46. The van der Waals surface area contributed by atoms with Gasteiger partial charge in [-0.3, -0.25) is 9.69 Å². The van der Waals surface area contributed by atoms with E-state index in [4.69, 9.17) is 5.11 Å². The summed E-state index contributed by atoms with van der Waals surface area (Å²) in [7, 11) is 0. The van der Waals surface area contributed by atoms with Crippen molar-refractivity contribution in [2.24, 2.45) is 5.92 Å². The summed E-state index contributed by atoms with van der Waals surface area (Å²) in [5.41, 5.74) is 0. The Labute approximate surface area is 85.9 Å². The molecule has 1 aliphatic rings. The number of nitrogens with zero attached hydrogens (tertiary/aromatic N) is 1. The molecule has 0 spiro atoms. The lowest BCUT2D eigenvalue weighted by Crippen LogP contribution is -2.55. The smallest absolute Gasteiger partial charge is 0.404 e. The third-order valence-corrected chi connectivity index (χ3v) is 2.79. The predicted molar refractivity (Wildman–Crippen MR) is 47.4 cm³/mol. The highest BCUT2D eigenvalue weighted by Gasteiger charge is 2.51. The van der Waals surface area contributed by atoms with Crippen LogP contribution in [-0.4, -0.2) is 41.3 Å². The van der Waals surface area contributed by atoms with Crippen LogP contribution in [0.3, 0.4) is 0 Å². The van der Waals surface area contributed by atoms with E-state index in [2.05, 4.69) is 0 Å². The normalized spacial score (nSPS) is 29.1. The molecule has 0 unspecified atom stereocenters. The molecule has 1 heterocycles. The molecule has 6 heteroatoms. The van der Waals surface area contributed by atoms with E-state index in [-0.39, 0.29) is 13.0 Å². The first-order chi connectivity index (χ1) is 6.88. The monoisotopic (exact) mass is 225 g/mol. The summed E-state index contributed by atoms with van der Waals surface area (Å²) in [5.74, 6) is -2.67. The van der Waals surface area contributed by atoms with Crippen LogP contribution in [-0.2, 0) is 4.79 Å². The Morgan fingerprint density at radius 1 is 1.53 bits per heavy atom. The molecule has 1 aliphatic heterocycles. The number of hydrogen-bond donors (Lipinski definition) is 1. The first-order valence-electron chi connectivity index (χ1n) is 4.91. The molecule has 0 saturated carbocycles. The number of aliphatic carboxylic acids is 1. The number of alkyl halides is 3. The number of rotatable bonds is 2. The average Bonchev–Trinajstić information content (AvgIpc) is 2.15. The zero-order valence-electron chi connectivity index (χ0n) is 8.42. The molecule has 0 bridgehead atoms. The highest BCUT2D eigenvalue weighted by Crippen LogP contribution is 2.35. The summed E-state index contributed by atoms with van der Waals surface area (Å²) in [6.07, 6.45) is -3.84. The Balaban J connectivity index is 2.91. The standard InChI is InChI=1S/C9H14F3NO2/c1-2-13-5-3-4-6(8(14)15)7(13)9(10,11)12/h6-7H,2-5H2,1H3,(H,14,15)/t6-,7-/m0/s1. The van der Waals surface area contributed by atoms with Gasteiger partial charge in [-0.25, -0.2) is 0 Å². The van der Waals surface area contributed by atoms with Crippen LogP contribution < -0.4 is 0 Å². The van der Waals surface area contributed by atoms with Gasteiger partial charge in [0, 0.05) is 0 Å². The van der Waals surface area contributed by atoms with E-state index < -0.39 is 24.1 Å². The van der Waals surface area contributed by atoms with E-state index in [1.54, 1.807) is 6.92 Å². The van der Waals surface area contributed by atoms with E-state index in [1.807, 2.05) is 0 Å². The van der Waals surface area contributed by atoms with Gasteiger partial charge < -0.3 is 5.11 Å². The van der Waals surface area contributed by atoms with Crippen LogP contribution in [0.4, 0.5) is 13.2 Å². The summed E-state index contributed by atoms with van der Waals surface area (Å²) in [6.45, 7) is 2.17. The number of hydrogen-bond acceptors (Lipinski definition) is 2. The summed E-state index contributed by atoms with van der Waals surface area (Å²) < 4.78 is 38.1. The van der Waals surface area contributed by atoms with Crippen LogP contribution in [0.1, 0.15) is 19.8 Å². The second-order valence-corrected chi connectivity index (χ2v) is 3.70. The zero-order chi connectivity index (χ0) is 11.6. The third-order valence-electron chi connectivity index (χ3n) is 2.79. The highest BCUT2D eigenvalue weighted by atomic mass is 19.4. The lowest BCUT2D eigenvalue weighted by Gasteiger charge is -2.39. The molecule has 0 radical (unpaired) electrons. The van der Waals surface area contributed by atoms with Crippen molar-refractivity contribution in [3.05, 3.63) is 0 Å². The molecule has 0 aromatic carbocycles. The number of piperidine rings is 1. The average molecular weight is 225 g/mol. The summed E-state index contributed by atoms with van der Waals surface area (Å²) in [5, 5.41) is 8.76. The summed E-state index contributed by atoms with van der Waals surface area (Å²) in [6, 6.07) is -1.83. The number of carboxylic acid groups (broad SMARTS) is 1. The first-order valence-corrected chi connectivity index (χ1v) is 4.91. The van der Waals surface area contributed by atoms with E-state index in [9.17, 15) is 18.0 Å². The van der Waals surface area contributed by atoms with Crippen LogP contribution in [0.5, 0.6) is 0 Å². The summed E-state index contributed by atoms with van der Waals surface area (Å²) >= 11 is 0. The molecule has 0 amide bonds. The van der Waals surface area contributed by atoms with Crippen molar-refractivity contribution in [1.29, 1.82) is 0 Å². The van der Waals surface area contributed by atoms with Crippen LogP contribution in [0, 0.1) is 5.92 Å². The van der Waals surface area contributed by atoms with Gasteiger partial charge >= 0.3 is 12.1 Å². The molecular formula is C9H14F3NO2. The van der Waals surface area contributed by atoms with Crippen molar-refractivity contribution in [2.45, 2.75) is 32.0 Å². The third kappa shape index (κ3) is 2.62. The Kier molecular flexibility index (Phi) is 3.59. The van der Waals surface area contributed by atoms with Gasteiger partial charge in [0.1, 0.15) is 6.04 Å². The maximum absolute atomic E-state index is 12.7. The fourth-order valence-electron chi connectivity index (χ4n) is 2.11. The fourth-order valence-corrected chi connectivity index (χ4v) is 2.11. The van der Waals surface area contributed by atoms with Crippen LogP contribution in [0.25, 0.3) is 0 Å². The highest BCUT2D eigenvalue weighted by molar-refractivity contribution is 5.71. The molecule has 88 valence electrons. The van der Waals surface area contributed by atoms with Crippen molar-refractivity contribution in [1.82, 2.24) is 4.90 Å². The van der Waals surface area contributed by atoms with Gasteiger partial charge in [-0.15, -0.1) is 0 Å². The molecule has 2 atom stereocenters. The second-order valence-electron chi connectivity index (χ2n) is 3.70. The van der Waals surface area contributed by atoms with E-state index in [0.717, 1.165) is 0 Å². The van der Waals surface area contributed by atoms with Crippen LogP contribution in [0.2, 0.25) is 0 Å². The van der Waals surface area contributed by atoms with Gasteiger partial charge in [0.25, 0.3) is 0 Å². The Hall–Kier alpha value is -0.780. The molecule has 1 rings (SSSR count).